The molecule has 5 aliphatic rings. The molecule has 5 fully saturated rings. The van der Waals surface area contributed by atoms with Crippen molar-refractivity contribution in [2.24, 2.45) is 11.7 Å². The van der Waals surface area contributed by atoms with E-state index >= 15 is 0 Å². The highest BCUT2D eigenvalue weighted by atomic mass is 16.2. The average molecular weight is 778 g/mol. The van der Waals surface area contributed by atoms with Crippen molar-refractivity contribution in [2.45, 2.75) is 75.8 Å². The van der Waals surface area contributed by atoms with Gasteiger partial charge in [-0.2, -0.15) is 0 Å². The monoisotopic (exact) mass is 777 g/mol. The number of aromatic nitrogens is 3. The predicted molar refractivity (Wildman–Crippen MR) is 217 cm³/mol. The summed E-state index contributed by atoms with van der Waals surface area (Å²) in [5.74, 6) is 1.80. The molecule has 2 aromatic heterocycles. The lowest BCUT2D eigenvalue weighted by Crippen LogP contribution is -2.49. The van der Waals surface area contributed by atoms with Gasteiger partial charge in [0, 0.05) is 65.7 Å². The second kappa shape index (κ2) is 17.0. The van der Waals surface area contributed by atoms with E-state index in [2.05, 4.69) is 59.6 Å². The summed E-state index contributed by atoms with van der Waals surface area (Å²) in [5, 5.41) is 5.59. The van der Waals surface area contributed by atoms with E-state index in [9.17, 15) is 19.2 Å². The number of hydrogen-bond acceptors (Lipinski definition) is 11. The van der Waals surface area contributed by atoms with Gasteiger partial charge in [0.2, 0.25) is 11.8 Å². The molecule has 302 valence electrons. The Labute approximate surface area is 334 Å². The summed E-state index contributed by atoms with van der Waals surface area (Å²) in [6.45, 7) is 8.31. The molecule has 5 amide bonds. The van der Waals surface area contributed by atoms with Crippen LogP contribution in [0.5, 0.6) is 0 Å². The van der Waals surface area contributed by atoms with Crippen LogP contribution in [0.15, 0.2) is 48.8 Å². The zero-order valence-electron chi connectivity index (χ0n) is 32.9. The fraction of sp³-hybridized carbons (Fsp3) is 0.548. The van der Waals surface area contributed by atoms with Crippen molar-refractivity contribution >= 4 is 41.1 Å². The van der Waals surface area contributed by atoms with Crippen LogP contribution in [0.4, 0.5) is 22.1 Å². The highest BCUT2D eigenvalue weighted by Gasteiger charge is 2.35. The van der Waals surface area contributed by atoms with Crippen LogP contribution in [-0.4, -0.2) is 131 Å². The highest BCUT2D eigenvalue weighted by molar-refractivity contribution is 6.01. The van der Waals surface area contributed by atoms with Gasteiger partial charge in [-0.3, -0.25) is 19.7 Å². The molecule has 7 heterocycles. The Morgan fingerprint density at radius 2 is 1.63 bits per heavy atom. The molecular formula is C42H55N11O4. The molecule has 8 rings (SSSR count). The number of rotatable bonds is 11. The van der Waals surface area contributed by atoms with E-state index in [0.29, 0.717) is 43.3 Å². The van der Waals surface area contributed by atoms with Gasteiger partial charge in [-0.1, -0.05) is 24.3 Å². The Hall–Kier alpha value is -5.31. The number of imide groups is 1. The van der Waals surface area contributed by atoms with Crippen LogP contribution in [0.3, 0.4) is 0 Å². The number of anilines is 3. The van der Waals surface area contributed by atoms with Crippen LogP contribution in [-0.2, 0) is 16.0 Å². The summed E-state index contributed by atoms with van der Waals surface area (Å²) in [7, 11) is 1.85. The van der Waals surface area contributed by atoms with E-state index in [1.54, 1.807) is 17.3 Å². The Kier molecular flexibility index (Phi) is 11.5. The molecule has 0 spiro atoms. The summed E-state index contributed by atoms with van der Waals surface area (Å²) in [6, 6.07) is 12.6. The first-order valence-electron chi connectivity index (χ1n) is 20.7. The molecule has 1 aromatic carbocycles. The maximum atomic E-state index is 12.7. The van der Waals surface area contributed by atoms with Crippen molar-refractivity contribution in [1.82, 2.24) is 35.0 Å². The zero-order chi connectivity index (χ0) is 39.5. The third-order valence-electron chi connectivity index (χ3n) is 12.7. The van der Waals surface area contributed by atoms with E-state index in [1.165, 1.54) is 5.56 Å². The number of hydrogen-bond donors (Lipinski definition) is 3. The molecule has 5 aliphatic heterocycles. The minimum atomic E-state index is -0.579. The molecule has 1 unspecified atom stereocenters. The smallest absolute Gasteiger partial charge is 0.320 e. The van der Waals surface area contributed by atoms with Crippen molar-refractivity contribution in [2.75, 3.05) is 81.1 Å². The molecule has 0 radical (unpaired) electrons. The first-order valence-corrected chi connectivity index (χ1v) is 20.7. The van der Waals surface area contributed by atoms with Gasteiger partial charge < -0.3 is 35.6 Å². The molecule has 15 heteroatoms. The van der Waals surface area contributed by atoms with Crippen LogP contribution in [0.1, 0.15) is 84.6 Å². The molecule has 0 aliphatic carbocycles. The summed E-state index contributed by atoms with van der Waals surface area (Å²) < 4.78 is 0. The number of nitrogens with one attached hydrogen (secondary N) is 2. The van der Waals surface area contributed by atoms with Gasteiger partial charge in [-0.25, -0.2) is 19.7 Å². The number of primary amides is 1. The van der Waals surface area contributed by atoms with Gasteiger partial charge in [-0.05, 0) is 93.1 Å². The predicted octanol–water partition coefficient (Wildman–Crippen LogP) is 3.21. The van der Waals surface area contributed by atoms with Crippen LogP contribution in [0, 0.1) is 5.92 Å². The lowest BCUT2D eigenvalue weighted by atomic mass is 9.87. The first-order chi connectivity index (χ1) is 27.7. The summed E-state index contributed by atoms with van der Waals surface area (Å²) >= 11 is 0. The molecule has 15 nitrogen and oxygen atoms in total. The largest absolute Gasteiger partial charge is 0.372 e. The minimum absolute atomic E-state index is 0.0855. The van der Waals surface area contributed by atoms with Gasteiger partial charge in [0.25, 0.3) is 5.91 Å². The molecule has 4 N–H and O–H groups in total. The van der Waals surface area contributed by atoms with Gasteiger partial charge in [0.1, 0.15) is 23.4 Å². The van der Waals surface area contributed by atoms with Crippen LogP contribution in [0.25, 0.3) is 0 Å². The number of carbonyl (C=O) groups is 4. The summed E-state index contributed by atoms with van der Waals surface area (Å²) in [5.41, 5.74) is 9.75. The molecule has 5 saturated heterocycles. The number of urea groups is 1. The quantitative estimate of drug-likeness (QED) is 0.244. The fourth-order valence-corrected chi connectivity index (χ4v) is 9.27. The number of amides is 5. The number of likely N-dealkylation sites (N-methyl/N-ethyl adjacent to an activating group) is 1. The van der Waals surface area contributed by atoms with E-state index in [1.807, 2.05) is 24.1 Å². The Morgan fingerprint density at radius 3 is 2.32 bits per heavy atom. The number of benzene rings is 1. The van der Waals surface area contributed by atoms with E-state index in [-0.39, 0.29) is 29.6 Å². The van der Waals surface area contributed by atoms with Crippen LogP contribution < -0.4 is 26.2 Å². The molecule has 3 aromatic rings. The molecule has 0 bridgehead atoms. The minimum Gasteiger partial charge on any atom is -0.372 e. The van der Waals surface area contributed by atoms with E-state index < -0.39 is 11.9 Å². The van der Waals surface area contributed by atoms with Crippen molar-refractivity contribution in [1.29, 1.82) is 0 Å². The average Bonchev–Trinajstić information content (AvgIpc) is 3.57. The van der Waals surface area contributed by atoms with Crippen LogP contribution >= 0.6 is 0 Å². The summed E-state index contributed by atoms with van der Waals surface area (Å²) in [4.78, 5) is 73.6. The van der Waals surface area contributed by atoms with Crippen molar-refractivity contribution in [3.63, 3.8) is 0 Å². The lowest BCUT2D eigenvalue weighted by molar-refractivity contribution is -0.133. The van der Waals surface area contributed by atoms with Crippen molar-refractivity contribution in [3.8, 4) is 0 Å². The highest BCUT2D eigenvalue weighted by Crippen LogP contribution is 2.31. The zero-order valence-corrected chi connectivity index (χ0v) is 32.9. The van der Waals surface area contributed by atoms with E-state index in [4.69, 9.17) is 10.7 Å². The van der Waals surface area contributed by atoms with Crippen LogP contribution in [0.2, 0.25) is 0 Å². The Balaban J connectivity index is 0.795. The summed E-state index contributed by atoms with van der Waals surface area (Å²) in [6.07, 6.45) is 11.2. The van der Waals surface area contributed by atoms with Gasteiger partial charge >= 0.3 is 6.03 Å². The van der Waals surface area contributed by atoms with E-state index in [0.717, 1.165) is 114 Å². The fourth-order valence-electron chi connectivity index (χ4n) is 9.27. The third kappa shape index (κ3) is 8.98. The molecule has 0 saturated carbocycles. The third-order valence-corrected chi connectivity index (χ3v) is 12.7. The van der Waals surface area contributed by atoms with Gasteiger partial charge in [-0.15, -0.1) is 0 Å². The topological polar surface area (TPSA) is 173 Å². The SMILES string of the molecule is CN1CCN([C@H]2CCCN(c3cnc(C(N)=O)c(Cc4ccc(C5CCN(CC6CCN(c7ccc(NC8CCC(=O)NC8=O)cn7)CC6)CC5)cc4)n3)C2)C1=O. The number of likely N-dealkylation sites (tertiary alicyclic amines) is 1. The number of carbonyl (C=O) groups excluding carboxylic acids is 4. The lowest BCUT2D eigenvalue weighted by Gasteiger charge is -2.38. The van der Waals surface area contributed by atoms with Crippen molar-refractivity contribution < 1.29 is 19.2 Å². The second-order valence-electron chi connectivity index (χ2n) is 16.5. The number of pyridine rings is 1. The molecular weight excluding hydrogens is 723 g/mol. The maximum absolute atomic E-state index is 12.7. The molecule has 57 heavy (non-hydrogen) atoms. The van der Waals surface area contributed by atoms with Gasteiger partial charge in [0.05, 0.1) is 29.8 Å². The number of nitrogens with two attached hydrogens (primary N) is 1. The first kappa shape index (κ1) is 38.6. The maximum Gasteiger partial charge on any atom is 0.320 e. The number of nitrogens with zero attached hydrogens (tertiary/aromatic N) is 8. The van der Waals surface area contributed by atoms with Crippen molar-refractivity contribution in [3.05, 3.63) is 71.3 Å². The normalized spacial score (nSPS) is 22.9. The second-order valence-corrected chi connectivity index (χ2v) is 16.5. The Morgan fingerprint density at radius 1 is 0.842 bits per heavy atom. The Bertz CT molecular complexity index is 1930. The van der Waals surface area contributed by atoms with Gasteiger partial charge in [0.15, 0.2) is 0 Å². The standard InChI is InChI=1S/C42H55N11O4/c1-49-21-22-53(42(49)57)33-3-2-16-52(27-33)37-25-45-39(40(43)55)35(47-37)23-28-4-6-30(7-5-28)31-14-17-50(18-15-31)26-29-12-19-51(20-13-29)36-10-8-32(24-44-36)46-34-9-11-38(54)48-41(34)56/h4-8,10,24-25,29,31,33-34,46H,2-3,9,11-23,26-27H2,1H3,(H2,43,55)(H,48,54,56)/t33-,34?/m0/s1. The molecule has 2 atom stereocenters. The number of piperidine rings is 4.